The van der Waals surface area contributed by atoms with Crippen LogP contribution in [0.3, 0.4) is 0 Å². The fourth-order valence-corrected chi connectivity index (χ4v) is 5.47. The maximum atomic E-state index is 12.8. The van der Waals surface area contributed by atoms with E-state index in [0.29, 0.717) is 18.0 Å². The topological polar surface area (TPSA) is 60.9 Å². The molecule has 2 saturated heterocycles. The van der Waals surface area contributed by atoms with E-state index < -0.39 is 10.0 Å². The number of hydrogen-bond donors (Lipinski definition) is 1. The van der Waals surface area contributed by atoms with Crippen LogP contribution in [0.15, 0.2) is 35.2 Å². The van der Waals surface area contributed by atoms with Gasteiger partial charge in [-0.2, -0.15) is 4.31 Å². The molecule has 2 fully saturated rings. The molecule has 0 saturated carbocycles. The number of hydrogen-bond acceptors (Lipinski definition) is 4. The minimum Gasteiger partial charge on any atom is -0.396 e. The number of rotatable bonds is 5. The van der Waals surface area contributed by atoms with E-state index in [9.17, 15) is 13.5 Å². The van der Waals surface area contributed by atoms with Crippen LogP contribution in [0.5, 0.6) is 0 Å². The van der Waals surface area contributed by atoms with Crippen molar-refractivity contribution in [3.05, 3.63) is 30.3 Å². The first kappa shape index (κ1) is 17.9. The third-order valence-electron chi connectivity index (χ3n) is 5.35. The summed E-state index contributed by atoms with van der Waals surface area (Å²) in [6, 6.07) is 8.61. The van der Waals surface area contributed by atoms with Crippen molar-refractivity contribution in [3.63, 3.8) is 0 Å². The Morgan fingerprint density at radius 2 is 1.58 bits per heavy atom. The molecule has 0 bridgehead atoms. The molecule has 134 valence electrons. The first-order valence-electron chi connectivity index (χ1n) is 8.99. The standard InChI is InChI=1S/C18H28N2O3S/c21-15-17-14-20(24(22,23)18-8-4-3-5-9-18)13-16(17)12-19-10-6-1-2-7-11-19/h3-5,8-9,16-17,21H,1-2,6-7,10-15H2/t16-,17-/m0/s1. The summed E-state index contributed by atoms with van der Waals surface area (Å²) in [6.07, 6.45) is 5.03. The molecule has 0 unspecified atom stereocenters. The lowest BCUT2D eigenvalue weighted by atomic mass is 9.96. The Hall–Kier alpha value is -0.950. The predicted molar refractivity (Wildman–Crippen MR) is 94.2 cm³/mol. The minimum absolute atomic E-state index is 0.0340. The van der Waals surface area contributed by atoms with Crippen LogP contribution in [-0.4, -0.2) is 62.1 Å². The van der Waals surface area contributed by atoms with Gasteiger partial charge in [-0.25, -0.2) is 8.42 Å². The predicted octanol–water partition coefficient (Wildman–Crippen LogP) is 1.79. The van der Waals surface area contributed by atoms with Gasteiger partial charge < -0.3 is 10.0 Å². The van der Waals surface area contributed by atoms with Crippen molar-refractivity contribution in [2.45, 2.75) is 30.6 Å². The molecule has 0 radical (unpaired) electrons. The van der Waals surface area contributed by atoms with E-state index in [1.807, 2.05) is 6.07 Å². The molecule has 0 spiro atoms. The Morgan fingerprint density at radius 3 is 2.21 bits per heavy atom. The van der Waals surface area contributed by atoms with Gasteiger partial charge in [0, 0.05) is 32.2 Å². The number of benzene rings is 1. The Kier molecular flexibility index (Phi) is 5.92. The van der Waals surface area contributed by atoms with Gasteiger partial charge in [-0.05, 0) is 44.0 Å². The van der Waals surface area contributed by atoms with Gasteiger partial charge >= 0.3 is 0 Å². The summed E-state index contributed by atoms with van der Waals surface area (Å²) >= 11 is 0. The van der Waals surface area contributed by atoms with Gasteiger partial charge in [0.1, 0.15) is 0 Å². The van der Waals surface area contributed by atoms with Crippen LogP contribution in [0.2, 0.25) is 0 Å². The number of aliphatic hydroxyl groups is 1. The highest BCUT2D eigenvalue weighted by atomic mass is 32.2. The molecular formula is C18H28N2O3S. The molecule has 24 heavy (non-hydrogen) atoms. The Labute approximate surface area is 145 Å². The van der Waals surface area contributed by atoms with E-state index in [2.05, 4.69) is 4.90 Å². The van der Waals surface area contributed by atoms with Crippen LogP contribution >= 0.6 is 0 Å². The molecule has 6 heteroatoms. The van der Waals surface area contributed by atoms with Crippen LogP contribution in [0.1, 0.15) is 25.7 Å². The van der Waals surface area contributed by atoms with Crippen molar-refractivity contribution in [2.75, 3.05) is 39.3 Å². The molecule has 2 aliphatic rings. The van der Waals surface area contributed by atoms with E-state index in [0.717, 1.165) is 19.6 Å². The third kappa shape index (κ3) is 3.99. The van der Waals surface area contributed by atoms with Gasteiger partial charge in [0.05, 0.1) is 4.90 Å². The molecular weight excluding hydrogens is 324 g/mol. The fraction of sp³-hybridized carbons (Fsp3) is 0.667. The number of aliphatic hydroxyl groups excluding tert-OH is 1. The second-order valence-electron chi connectivity index (χ2n) is 7.05. The smallest absolute Gasteiger partial charge is 0.243 e. The van der Waals surface area contributed by atoms with Gasteiger partial charge in [0.2, 0.25) is 10.0 Å². The quantitative estimate of drug-likeness (QED) is 0.878. The van der Waals surface area contributed by atoms with Gasteiger partial charge in [0.25, 0.3) is 0 Å². The average Bonchev–Trinajstić information content (AvgIpc) is 2.84. The fourth-order valence-electron chi connectivity index (χ4n) is 3.90. The van der Waals surface area contributed by atoms with Crippen LogP contribution in [0.4, 0.5) is 0 Å². The first-order valence-corrected chi connectivity index (χ1v) is 10.4. The second kappa shape index (κ2) is 7.95. The van der Waals surface area contributed by atoms with Crippen LogP contribution in [-0.2, 0) is 10.0 Å². The zero-order valence-electron chi connectivity index (χ0n) is 14.2. The van der Waals surface area contributed by atoms with Gasteiger partial charge in [-0.1, -0.05) is 31.0 Å². The van der Waals surface area contributed by atoms with Crippen molar-refractivity contribution in [1.29, 1.82) is 0 Å². The van der Waals surface area contributed by atoms with Gasteiger partial charge in [-0.3, -0.25) is 0 Å². The maximum Gasteiger partial charge on any atom is 0.243 e. The highest BCUT2D eigenvalue weighted by Crippen LogP contribution is 2.29. The summed E-state index contributed by atoms with van der Waals surface area (Å²) in [5.74, 6) is 0.248. The van der Waals surface area contributed by atoms with Gasteiger partial charge in [-0.15, -0.1) is 0 Å². The van der Waals surface area contributed by atoms with E-state index in [4.69, 9.17) is 0 Å². The molecule has 1 N–H and O–H groups in total. The van der Waals surface area contributed by atoms with E-state index in [1.165, 1.54) is 25.7 Å². The monoisotopic (exact) mass is 352 g/mol. The molecule has 2 atom stereocenters. The largest absolute Gasteiger partial charge is 0.396 e. The Morgan fingerprint density at radius 1 is 0.958 bits per heavy atom. The zero-order chi connectivity index (χ0) is 17.0. The molecule has 1 aromatic carbocycles. The minimum atomic E-state index is -3.46. The number of likely N-dealkylation sites (tertiary alicyclic amines) is 1. The highest BCUT2D eigenvalue weighted by Gasteiger charge is 2.39. The SMILES string of the molecule is O=S(=O)(c1ccccc1)N1C[C@@H](CO)[C@@H](CN2CCCCCC2)C1. The molecule has 0 amide bonds. The lowest BCUT2D eigenvalue weighted by molar-refractivity contribution is 0.165. The summed E-state index contributed by atoms with van der Waals surface area (Å²) in [5, 5.41) is 9.74. The van der Waals surface area contributed by atoms with Crippen LogP contribution < -0.4 is 0 Å². The molecule has 2 heterocycles. The number of sulfonamides is 1. The third-order valence-corrected chi connectivity index (χ3v) is 7.20. The van der Waals surface area contributed by atoms with Crippen molar-refractivity contribution >= 4 is 10.0 Å². The lowest BCUT2D eigenvalue weighted by Gasteiger charge is -2.26. The van der Waals surface area contributed by atoms with Crippen molar-refractivity contribution in [3.8, 4) is 0 Å². The van der Waals surface area contributed by atoms with Crippen molar-refractivity contribution < 1.29 is 13.5 Å². The summed E-state index contributed by atoms with van der Waals surface area (Å²) in [7, 11) is -3.46. The average molecular weight is 353 g/mol. The summed E-state index contributed by atoms with van der Waals surface area (Å²) in [6.45, 7) is 4.08. The van der Waals surface area contributed by atoms with Gasteiger partial charge in [0.15, 0.2) is 0 Å². The molecule has 0 aliphatic carbocycles. The maximum absolute atomic E-state index is 12.8. The Balaban J connectivity index is 1.69. The lowest BCUT2D eigenvalue weighted by Crippen LogP contribution is -2.35. The highest BCUT2D eigenvalue weighted by molar-refractivity contribution is 7.89. The molecule has 3 rings (SSSR count). The van der Waals surface area contributed by atoms with Crippen molar-refractivity contribution in [1.82, 2.24) is 9.21 Å². The summed E-state index contributed by atoms with van der Waals surface area (Å²) in [5.41, 5.74) is 0. The summed E-state index contributed by atoms with van der Waals surface area (Å²) < 4.78 is 27.2. The molecule has 5 nitrogen and oxygen atoms in total. The molecule has 2 aliphatic heterocycles. The number of nitrogens with zero attached hydrogens (tertiary/aromatic N) is 2. The first-order chi connectivity index (χ1) is 11.6. The van der Waals surface area contributed by atoms with Crippen molar-refractivity contribution in [2.24, 2.45) is 11.8 Å². The van der Waals surface area contributed by atoms with E-state index >= 15 is 0 Å². The van der Waals surface area contributed by atoms with E-state index in [1.54, 1.807) is 28.6 Å². The second-order valence-corrected chi connectivity index (χ2v) is 8.99. The zero-order valence-corrected chi connectivity index (χ0v) is 15.0. The van der Waals surface area contributed by atoms with Crippen LogP contribution in [0.25, 0.3) is 0 Å². The Bertz CT molecular complexity index is 612. The molecule has 1 aromatic rings. The van der Waals surface area contributed by atoms with E-state index in [-0.39, 0.29) is 18.4 Å². The summed E-state index contributed by atoms with van der Waals surface area (Å²) in [4.78, 5) is 2.80. The van der Waals surface area contributed by atoms with Crippen LogP contribution in [0, 0.1) is 11.8 Å². The normalized spacial score (nSPS) is 27.2. The molecule has 0 aromatic heterocycles.